The van der Waals surface area contributed by atoms with Crippen molar-refractivity contribution in [2.75, 3.05) is 0 Å². The van der Waals surface area contributed by atoms with Crippen LogP contribution in [0.4, 0.5) is 0 Å². The molecule has 1 heterocycles. The van der Waals surface area contributed by atoms with Gasteiger partial charge in [-0.3, -0.25) is 0 Å². The SMILES string of the molecule is c1ccc2c3c4ccccc4cc-3[nH]cc2c1. The van der Waals surface area contributed by atoms with E-state index in [0.717, 1.165) is 0 Å². The van der Waals surface area contributed by atoms with Gasteiger partial charge in [-0.15, -0.1) is 0 Å². The highest BCUT2D eigenvalue weighted by Gasteiger charge is 2.12. The van der Waals surface area contributed by atoms with Crippen LogP contribution in [0, 0.1) is 0 Å². The molecule has 0 fully saturated rings. The number of aromatic amines is 1. The fourth-order valence-electron chi connectivity index (χ4n) is 2.63. The fraction of sp³-hybridized carbons (Fsp3) is 0. The summed E-state index contributed by atoms with van der Waals surface area (Å²) >= 11 is 0. The number of fused-ring (bicyclic) bond motifs is 5. The molecular weight excluding hydrogens is 206 g/mol. The van der Waals surface area contributed by atoms with Crippen LogP contribution < -0.4 is 0 Å². The van der Waals surface area contributed by atoms with E-state index >= 15 is 0 Å². The predicted octanol–water partition coefficient (Wildman–Crippen LogP) is 4.43. The molecule has 0 unspecified atom stereocenters. The first-order valence-corrected chi connectivity index (χ1v) is 5.81. The highest BCUT2D eigenvalue weighted by atomic mass is 14.7. The van der Waals surface area contributed by atoms with Crippen molar-refractivity contribution in [3.63, 3.8) is 0 Å². The van der Waals surface area contributed by atoms with Crippen molar-refractivity contribution in [3.05, 3.63) is 60.8 Å². The summed E-state index contributed by atoms with van der Waals surface area (Å²) in [5.74, 6) is 0. The molecule has 0 aromatic heterocycles. The average Bonchev–Trinajstić information content (AvgIpc) is 2.77. The van der Waals surface area contributed by atoms with Gasteiger partial charge in [-0.1, -0.05) is 48.5 Å². The Hall–Kier alpha value is -2.28. The Labute approximate surface area is 99.0 Å². The molecule has 1 aliphatic carbocycles. The molecule has 1 N–H and O–H groups in total. The molecule has 0 saturated heterocycles. The zero-order valence-electron chi connectivity index (χ0n) is 9.27. The minimum atomic E-state index is 1.21. The van der Waals surface area contributed by atoms with E-state index in [1.807, 2.05) is 0 Å². The lowest BCUT2D eigenvalue weighted by Gasteiger charge is -2.05. The third-order valence-electron chi connectivity index (χ3n) is 3.41. The van der Waals surface area contributed by atoms with Gasteiger partial charge in [0.1, 0.15) is 0 Å². The maximum absolute atomic E-state index is 3.38. The number of H-pyrrole nitrogens is 1. The number of hydrogen-bond acceptors (Lipinski definition) is 0. The van der Waals surface area contributed by atoms with Crippen molar-refractivity contribution < 1.29 is 0 Å². The number of aromatic nitrogens is 1. The molecule has 2 aromatic rings. The molecule has 0 amide bonds. The van der Waals surface area contributed by atoms with Gasteiger partial charge in [-0.2, -0.15) is 0 Å². The second kappa shape index (κ2) is 3.11. The average molecular weight is 217 g/mol. The zero-order valence-corrected chi connectivity index (χ0v) is 9.27. The van der Waals surface area contributed by atoms with E-state index in [1.54, 1.807) is 0 Å². The molecule has 0 bridgehead atoms. The molecule has 80 valence electrons. The summed E-state index contributed by atoms with van der Waals surface area (Å²) in [4.78, 5) is 3.38. The summed E-state index contributed by atoms with van der Waals surface area (Å²) in [6.07, 6.45) is 2.08. The van der Waals surface area contributed by atoms with Crippen LogP contribution in [0.3, 0.4) is 0 Å². The molecule has 0 atom stereocenters. The molecular formula is C16H11N. The third-order valence-corrected chi connectivity index (χ3v) is 3.41. The topological polar surface area (TPSA) is 15.8 Å². The molecule has 0 saturated carbocycles. The quantitative estimate of drug-likeness (QED) is 0.448. The first-order valence-electron chi connectivity index (χ1n) is 5.81. The van der Waals surface area contributed by atoms with Crippen molar-refractivity contribution in [3.8, 4) is 11.3 Å². The Morgan fingerprint density at radius 3 is 2.18 bits per heavy atom. The van der Waals surface area contributed by atoms with Gasteiger partial charge in [-0.05, 0) is 27.6 Å². The van der Waals surface area contributed by atoms with Crippen molar-refractivity contribution in [2.24, 2.45) is 0 Å². The van der Waals surface area contributed by atoms with Crippen LogP contribution in [0.25, 0.3) is 32.8 Å². The highest BCUT2D eigenvalue weighted by Crippen LogP contribution is 2.37. The summed E-state index contributed by atoms with van der Waals surface area (Å²) < 4.78 is 0. The molecule has 1 aliphatic heterocycles. The Kier molecular flexibility index (Phi) is 1.61. The third kappa shape index (κ3) is 1.14. The second-order valence-corrected chi connectivity index (χ2v) is 4.40. The van der Waals surface area contributed by atoms with Gasteiger partial charge in [0.25, 0.3) is 0 Å². The zero-order chi connectivity index (χ0) is 11.2. The van der Waals surface area contributed by atoms with Crippen LogP contribution in [-0.4, -0.2) is 4.98 Å². The van der Waals surface area contributed by atoms with E-state index in [2.05, 4.69) is 65.8 Å². The van der Waals surface area contributed by atoms with Crippen LogP contribution in [0.15, 0.2) is 60.8 Å². The minimum Gasteiger partial charge on any atom is -0.361 e. The highest BCUT2D eigenvalue weighted by molar-refractivity contribution is 6.12. The van der Waals surface area contributed by atoms with E-state index in [1.165, 1.54) is 32.8 Å². The van der Waals surface area contributed by atoms with Crippen molar-refractivity contribution >= 4 is 21.5 Å². The minimum absolute atomic E-state index is 1.21. The summed E-state index contributed by atoms with van der Waals surface area (Å²) in [6.45, 7) is 0. The van der Waals surface area contributed by atoms with E-state index in [-0.39, 0.29) is 0 Å². The molecule has 2 aromatic carbocycles. The lowest BCUT2D eigenvalue weighted by molar-refractivity contribution is 1.38. The van der Waals surface area contributed by atoms with Gasteiger partial charge >= 0.3 is 0 Å². The van der Waals surface area contributed by atoms with Crippen molar-refractivity contribution in [1.29, 1.82) is 0 Å². The van der Waals surface area contributed by atoms with Gasteiger partial charge in [-0.25, -0.2) is 0 Å². The van der Waals surface area contributed by atoms with Crippen LogP contribution in [-0.2, 0) is 0 Å². The normalized spacial score (nSPS) is 11.5. The van der Waals surface area contributed by atoms with E-state index in [9.17, 15) is 0 Å². The first-order chi connectivity index (χ1) is 8.43. The maximum Gasteiger partial charge on any atom is 0.0472 e. The largest absolute Gasteiger partial charge is 0.361 e. The number of hydrogen-bond donors (Lipinski definition) is 1. The number of rotatable bonds is 0. The summed E-state index contributed by atoms with van der Waals surface area (Å²) in [7, 11) is 0. The van der Waals surface area contributed by atoms with Crippen LogP contribution >= 0.6 is 0 Å². The van der Waals surface area contributed by atoms with E-state index < -0.39 is 0 Å². The molecule has 1 heteroatoms. The second-order valence-electron chi connectivity index (χ2n) is 4.40. The smallest absolute Gasteiger partial charge is 0.0472 e. The lowest BCUT2D eigenvalue weighted by Crippen LogP contribution is -1.83. The van der Waals surface area contributed by atoms with Crippen molar-refractivity contribution in [2.45, 2.75) is 0 Å². The van der Waals surface area contributed by atoms with Crippen molar-refractivity contribution in [1.82, 2.24) is 4.98 Å². The van der Waals surface area contributed by atoms with Gasteiger partial charge in [0.15, 0.2) is 0 Å². The van der Waals surface area contributed by atoms with Gasteiger partial charge in [0.2, 0.25) is 0 Å². The molecule has 17 heavy (non-hydrogen) atoms. The number of benzene rings is 2. The fourth-order valence-corrected chi connectivity index (χ4v) is 2.63. The first kappa shape index (κ1) is 8.82. The summed E-state index contributed by atoms with van der Waals surface area (Å²) in [5.41, 5.74) is 2.55. The monoisotopic (exact) mass is 217 g/mol. The standard InChI is InChI=1S/C16H11N/c1-3-7-13-11(5-1)9-15-16(13)14-8-4-2-6-12(14)10-17-15/h1-10,17H. The maximum atomic E-state index is 3.38. The molecule has 0 spiro atoms. The Bertz CT molecular complexity index is 789. The predicted molar refractivity (Wildman–Crippen MR) is 72.4 cm³/mol. The molecule has 1 nitrogen and oxygen atoms in total. The van der Waals surface area contributed by atoms with Gasteiger partial charge < -0.3 is 4.98 Å². The Morgan fingerprint density at radius 1 is 0.706 bits per heavy atom. The van der Waals surface area contributed by atoms with E-state index in [0.29, 0.717) is 0 Å². The number of nitrogens with one attached hydrogen (secondary N) is 1. The lowest BCUT2D eigenvalue weighted by atomic mass is 10.0. The van der Waals surface area contributed by atoms with Crippen LogP contribution in [0.5, 0.6) is 0 Å². The van der Waals surface area contributed by atoms with E-state index in [4.69, 9.17) is 0 Å². The van der Waals surface area contributed by atoms with Gasteiger partial charge in [0, 0.05) is 17.5 Å². The van der Waals surface area contributed by atoms with Gasteiger partial charge in [0.05, 0.1) is 0 Å². The molecule has 0 radical (unpaired) electrons. The molecule has 2 aliphatic rings. The van der Waals surface area contributed by atoms with Crippen LogP contribution in [0.1, 0.15) is 0 Å². The summed E-state index contributed by atoms with van der Waals surface area (Å²) in [5, 5.41) is 5.21. The Morgan fingerprint density at radius 2 is 1.35 bits per heavy atom. The molecule has 4 rings (SSSR count). The number of pyridine rings is 1. The van der Waals surface area contributed by atoms with Crippen LogP contribution in [0.2, 0.25) is 0 Å². The summed E-state index contributed by atoms with van der Waals surface area (Å²) in [6, 6.07) is 19.3. The Balaban J connectivity index is 2.33.